The summed E-state index contributed by atoms with van der Waals surface area (Å²) >= 11 is 0. The van der Waals surface area contributed by atoms with Crippen molar-refractivity contribution >= 4 is 17.7 Å². The van der Waals surface area contributed by atoms with Crippen LogP contribution >= 0.6 is 0 Å². The van der Waals surface area contributed by atoms with Gasteiger partial charge in [-0.05, 0) is 39.2 Å². The van der Waals surface area contributed by atoms with Crippen LogP contribution in [0.3, 0.4) is 0 Å². The van der Waals surface area contributed by atoms with Crippen LogP contribution in [0.2, 0.25) is 0 Å². The molecule has 26 heavy (non-hydrogen) atoms. The van der Waals surface area contributed by atoms with E-state index in [1.54, 1.807) is 24.3 Å². The summed E-state index contributed by atoms with van der Waals surface area (Å²) in [5, 5.41) is 5.43. The van der Waals surface area contributed by atoms with Crippen molar-refractivity contribution in [2.75, 3.05) is 65.5 Å². The lowest BCUT2D eigenvalue weighted by atomic mass is 10.2. The third-order valence-corrected chi connectivity index (χ3v) is 3.24. The van der Waals surface area contributed by atoms with Crippen LogP contribution < -0.4 is 10.6 Å². The molecule has 0 aromatic heterocycles. The predicted octanol–water partition coefficient (Wildman–Crippen LogP) is 1.58. The largest absolute Gasteiger partial charge is 0.460 e. The number of nitrogens with one attached hydrogen (secondary N) is 2. The fraction of sp³-hybridized carbons (Fsp3) is 0.556. The summed E-state index contributed by atoms with van der Waals surface area (Å²) in [4.78, 5) is 25.8. The first-order valence-electron chi connectivity index (χ1n) is 8.65. The number of benzene rings is 1. The number of rotatable bonds is 12. The smallest absolute Gasteiger partial charge is 0.338 e. The van der Waals surface area contributed by atoms with Crippen LogP contribution in [0.25, 0.3) is 0 Å². The molecule has 0 radical (unpaired) electrons. The molecule has 1 aromatic carbocycles. The summed E-state index contributed by atoms with van der Waals surface area (Å²) in [5.41, 5.74) is 0.889. The molecule has 2 amide bonds. The molecule has 0 spiro atoms. The third-order valence-electron chi connectivity index (χ3n) is 3.24. The van der Waals surface area contributed by atoms with E-state index in [-0.39, 0.29) is 12.6 Å². The van der Waals surface area contributed by atoms with Crippen molar-refractivity contribution in [1.29, 1.82) is 0 Å². The molecule has 0 atom stereocenters. The summed E-state index contributed by atoms with van der Waals surface area (Å²) in [7, 11) is 3.86. The van der Waals surface area contributed by atoms with Crippen LogP contribution in [0.5, 0.6) is 0 Å². The van der Waals surface area contributed by atoms with Gasteiger partial charge < -0.3 is 29.7 Å². The SMILES string of the molecule is CCOCCOCCOC(=O)c1cccc(NC(=O)NCCN(C)C)c1. The van der Waals surface area contributed by atoms with Crippen LogP contribution in [0.15, 0.2) is 24.3 Å². The summed E-state index contributed by atoms with van der Waals surface area (Å²) < 4.78 is 15.6. The molecule has 1 rings (SSSR count). The molecule has 146 valence electrons. The summed E-state index contributed by atoms with van der Waals surface area (Å²) in [5.74, 6) is -0.463. The Hall–Kier alpha value is -2.16. The quantitative estimate of drug-likeness (QED) is 0.431. The van der Waals surface area contributed by atoms with Gasteiger partial charge in [-0.1, -0.05) is 6.07 Å². The number of anilines is 1. The number of urea groups is 1. The molecule has 0 aliphatic rings. The van der Waals surface area contributed by atoms with E-state index < -0.39 is 5.97 Å². The number of ether oxygens (including phenoxy) is 3. The second-order valence-electron chi connectivity index (χ2n) is 5.71. The van der Waals surface area contributed by atoms with Crippen molar-refractivity contribution in [1.82, 2.24) is 10.2 Å². The number of amides is 2. The molecule has 0 saturated carbocycles. The average Bonchev–Trinajstić information content (AvgIpc) is 2.60. The molecule has 1 aromatic rings. The Balaban J connectivity index is 2.33. The van der Waals surface area contributed by atoms with Crippen molar-refractivity contribution in [3.8, 4) is 0 Å². The van der Waals surface area contributed by atoms with Gasteiger partial charge in [0.05, 0.1) is 25.4 Å². The zero-order valence-corrected chi connectivity index (χ0v) is 15.7. The summed E-state index contributed by atoms with van der Waals surface area (Å²) in [6.07, 6.45) is 0. The molecule has 8 heteroatoms. The molecular formula is C18H29N3O5. The molecule has 8 nitrogen and oxygen atoms in total. The maximum absolute atomic E-state index is 12.0. The Morgan fingerprint density at radius 2 is 1.81 bits per heavy atom. The fourth-order valence-corrected chi connectivity index (χ4v) is 1.93. The minimum atomic E-state index is -0.463. The first kappa shape index (κ1) is 21.9. The molecule has 0 saturated heterocycles. The number of carbonyl (C=O) groups is 2. The molecule has 0 aliphatic carbocycles. The van der Waals surface area contributed by atoms with Gasteiger partial charge in [-0.2, -0.15) is 0 Å². The minimum Gasteiger partial charge on any atom is -0.460 e. The highest BCUT2D eigenvalue weighted by molar-refractivity contribution is 5.93. The molecule has 0 unspecified atom stereocenters. The molecule has 0 bridgehead atoms. The van der Waals surface area contributed by atoms with E-state index in [1.807, 2.05) is 25.9 Å². The van der Waals surface area contributed by atoms with Crippen LogP contribution in [-0.2, 0) is 14.2 Å². The number of likely N-dealkylation sites (N-methyl/N-ethyl adjacent to an activating group) is 1. The monoisotopic (exact) mass is 367 g/mol. The van der Waals surface area contributed by atoms with Gasteiger partial charge in [-0.25, -0.2) is 9.59 Å². The molecular weight excluding hydrogens is 338 g/mol. The van der Waals surface area contributed by atoms with E-state index >= 15 is 0 Å². The highest BCUT2D eigenvalue weighted by atomic mass is 16.6. The standard InChI is InChI=1S/C18H29N3O5/c1-4-24-10-11-25-12-13-26-17(22)15-6-5-7-16(14-15)20-18(23)19-8-9-21(2)3/h5-7,14H,4,8-13H2,1-3H3,(H2,19,20,23). The topological polar surface area (TPSA) is 89.1 Å². The van der Waals surface area contributed by atoms with Crippen LogP contribution in [-0.4, -0.2) is 77.1 Å². The summed E-state index contributed by atoms with van der Waals surface area (Å²) in [6.45, 7) is 5.30. The van der Waals surface area contributed by atoms with Gasteiger partial charge in [-0.15, -0.1) is 0 Å². The Labute approximate surface area is 154 Å². The lowest BCUT2D eigenvalue weighted by molar-refractivity contribution is 0.0164. The van der Waals surface area contributed by atoms with E-state index in [4.69, 9.17) is 14.2 Å². The predicted molar refractivity (Wildman–Crippen MR) is 99.6 cm³/mol. The zero-order valence-electron chi connectivity index (χ0n) is 15.7. The van der Waals surface area contributed by atoms with Crippen molar-refractivity contribution in [2.45, 2.75) is 6.92 Å². The van der Waals surface area contributed by atoms with E-state index in [1.165, 1.54) is 0 Å². The van der Waals surface area contributed by atoms with Gasteiger partial charge in [0.25, 0.3) is 0 Å². The Morgan fingerprint density at radius 1 is 1.08 bits per heavy atom. The third kappa shape index (κ3) is 9.97. The number of nitrogens with zero attached hydrogens (tertiary/aromatic N) is 1. The van der Waals surface area contributed by atoms with Gasteiger partial charge in [0.15, 0.2) is 0 Å². The van der Waals surface area contributed by atoms with Crippen LogP contribution in [0.4, 0.5) is 10.5 Å². The van der Waals surface area contributed by atoms with E-state index in [2.05, 4.69) is 10.6 Å². The second-order valence-corrected chi connectivity index (χ2v) is 5.71. The number of carbonyl (C=O) groups excluding carboxylic acids is 2. The zero-order chi connectivity index (χ0) is 19.2. The molecule has 2 N–H and O–H groups in total. The van der Waals surface area contributed by atoms with Crippen LogP contribution in [0.1, 0.15) is 17.3 Å². The average molecular weight is 367 g/mol. The van der Waals surface area contributed by atoms with Crippen LogP contribution in [0, 0.1) is 0 Å². The number of hydrogen-bond acceptors (Lipinski definition) is 6. The normalized spacial score (nSPS) is 10.6. The highest BCUT2D eigenvalue weighted by Gasteiger charge is 2.09. The number of hydrogen-bond donors (Lipinski definition) is 2. The Morgan fingerprint density at radius 3 is 2.54 bits per heavy atom. The van der Waals surface area contributed by atoms with E-state index in [0.29, 0.717) is 44.2 Å². The Bertz CT molecular complexity index is 551. The van der Waals surface area contributed by atoms with Crippen molar-refractivity contribution in [3.05, 3.63) is 29.8 Å². The lowest BCUT2D eigenvalue weighted by Gasteiger charge is -2.12. The molecule has 0 heterocycles. The van der Waals surface area contributed by atoms with Gasteiger partial charge in [0.1, 0.15) is 6.61 Å². The minimum absolute atomic E-state index is 0.160. The van der Waals surface area contributed by atoms with Gasteiger partial charge in [-0.3, -0.25) is 0 Å². The van der Waals surface area contributed by atoms with E-state index in [0.717, 1.165) is 6.54 Å². The molecule has 0 aliphatic heterocycles. The van der Waals surface area contributed by atoms with E-state index in [9.17, 15) is 9.59 Å². The summed E-state index contributed by atoms with van der Waals surface area (Å²) in [6, 6.07) is 6.28. The first-order valence-corrected chi connectivity index (χ1v) is 8.65. The van der Waals surface area contributed by atoms with Gasteiger partial charge in [0, 0.05) is 25.4 Å². The molecule has 0 fully saturated rings. The highest BCUT2D eigenvalue weighted by Crippen LogP contribution is 2.11. The second kappa shape index (κ2) is 13.1. The maximum Gasteiger partial charge on any atom is 0.338 e. The van der Waals surface area contributed by atoms with Crippen molar-refractivity contribution < 1.29 is 23.8 Å². The Kier molecular flexibility index (Phi) is 11.0. The van der Waals surface area contributed by atoms with Gasteiger partial charge >= 0.3 is 12.0 Å². The first-order chi connectivity index (χ1) is 12.5. The van der Waals surface area contributed by atoms with Crippen molar-refractivity contribution in [3.63, 3.8) is 0 Å². The number of esters is 1. The van der Waals surface area contributed by atoms with Gasteiger partial charge in [0.2, 0.25) is 0 Å². The maximum atomic E-state index is 12.0. The fourth-order valence-electron chi connectivity index (χ4n) is 1.93. The lowest BCUT2D eigenvalue weighted by Crippen LogP contribution is -2.34. The van der Waals surface area contributed by atoms with Crippen molar-refractivity contribution in [2.24, 2.45) is 0 Å².